The number of benzene rings is 1. The number of aliphatic imine (C=N–C) groups is 1. The second-order valence-corrected chi connectivity index (χ2v) is 5.11. The van der Waals surface area contributed by atoms with Gasteiger partial charge in [0.2, 0.25) is 0 Å². The lowest BCUT2D eigenvalue weighted by Crippen LogP contribution is -2.24. The van der Waals surface area contributed by atoms with Crippen LogP contribution in [0.4, 0.5) is 18.9 Å². The third-order valence-electron chi connectivity index (χ3n) is 3.39. The fraction of sp³-hybridized carbons (Fsp3) is 0.375. The molecule has 0 bridgehead atoms. The van der Waals surface area contributed by atoms with E-state index in [0.717, 1.165) is 11.3 Å². The van der Waals surface area contributed by atoms with Gasteiger partial charge in [0.25, 0.3) is 0 Å². The van der Waals surface area contributed by atoms with E-state index in [9.17, 15) is 13.2 Å². The summed E-state index contributed by atoms with van der Waals surface area (Å²) >= 11 is 0. The Morgan fingerprint density at radius 2 is 1.96 bits per heavy atom. The van der Waals surface area contributed by atoms with Crippen molar-refractivity contribution in [3.05, 3.63) is 41.3 Å². The lowest BCUT2D eigenvalue weighted by Gasteiger charge is -2.14. The first kappa shape index (κ1) is 22.1. The van der Waals surface area contributed by atoms with Crippen LogP contribution < -0.4 is 15.8 Å². The molecule has 2 aromatic rings. The molecule has 2 rings (SSSR count). The second kappa shape index (κ2) is 9.64. The van der Waals surface area contributed by atoms with Gasteiger partial charge in [-0.2, -0.15) is 0 Å². The number of alkyl halides is 3. The highest BCUT2D eigenvalue weighted by atomic mass is 127. The Labute approximate surface area is 166 Å². The number of aryl methyl sites for hydroxylation is 2. The molecule has 0 aliphatic carbocycles. The van der Waals surface area contributed by atoms with Crippen LogP contribution in [-0.2, 0) is 19.4 Å². The number of hydrogen-bond donors (Lipinski definition) is 2. The molecule has 0 radical (unpaired) electrons. The average Bonchev–Trinajstić information content (AvgIpc) is 2.95. The van der Waals surface area contributed by atoms with Crippen molar-refractivity contribution in [1.82, 2.24) is 5.16 Å². The maximum atomic E-state index is 12.4. The van der Waals surface area contributed by atoms with E-state index in [1.165, 1.54) is 18.2 Å². The minimum Gasteiger partial charge on any atom is -0.404 e. The van der Waals surface area contributed by atoms with Gasteiger partial charge in [-0.1, -0.05) is 31.1 Å². The van der Waals surface area contributed by atoms with Crippen molar-refractivity contribution < 1.29 is 22.4 Å². The molecule has 0 aliphatic rings. The molecular weight excluding hydrogens is 464 g/mol. The fourth-order valence-electron chi connectivity index (χ4n) is 2.24. The topological polar surface area (TPSA) is 85.7 Å². The molecule has 0 unspecified atom stereocenters. The van der Waals surface area contributed by atoms with Crippen LogP contribution in [0.1, 0.15) is 30.9 Å². The van der Waals surface area contributed by atoms with E-state index < -0.39 is 6.36 Å². The molecular formula is C16H20F3IN4O2. The maximum absolute atomic E-state index is 12.4. The van der Waals surface area contributed by atoms with Gasteiger partial charge in [-0.25, -0.2) is 4.99 Å². The van der Waals surface area contributed by atoms with Crippen LogP contribution in [0, 0.1) is 0 Å². The predicted molar refractivity (Wildman–Crippen MR) is 103 cm³/mol. The van der Waals surface area contributed by atoms with Gasteiger partial charge in [-0.05, 0) is 18.6 Å². The van der Waals surface area contributed by atoms with Crippen LogP contribution in [0.5, 0.6) is 5.75 Å². The van der Waals surface area contributed by atoms with Gasteiger partial charge >= 0.3 is 6.36 Å². The predicted octanol–water partition coefficient (Wildman–Crippen LogP) is 4.24. The van der Waals surface area contributed by atoms with Crippen molar-refractivity contribution in [2.75, 3.05) is 5.32 Å². The highest BCUT2D eigenvalue weighted by molar-refractivity contribution is 14.0. The average molecular weight is 484 g/mol. The molecule has 6 nitrogen and oxygen atoms in total. The van der Waals surface area contributed by atoms with E-state index in [-0.39, 0.29) is 47.9 Å². The molecule has 1 aromatic carbocycles. The zero-order chi connectivity index (χ0) is 18.4. The van der Waals surface area contributed by atoms with Crippen molar-refractivity contribution in [2.45, 2.75) is 39.6 Å². The number of rotatable bonds is 6. The summed E-state index contributed by atoms with van der Waals surface area (Å²) < 4.78 is 46.5. The van der Waals surface area contributed by atoms with E-state index in [2.05, 4.69) is 20.2 Å². The SMILES string of the molecule is CCc1noc(CC)c1CN=C(N)Nc1ccccc1OC(F)(F)F.I. The van der Waals surface area contributed by atoms with Crippen LogP contribution in [0.2, 0.25) is 0 Å². The van der Waals surface area contributed by atoms with E-state index in [1.807, 2.05) is 13.8 Å². The molecule has 0 saturated carbocycles. The largest absolute Gasteiger partial charge is 0.573 e. The molecule has 0 aliphatic heterocycles. The lowest BCUT2D eigenvalue weighted by molar-refractivity contribution is -0.274. The Morgan fingerprint density at radius 3 is 2.58 bits per heavy atom. The van der Waals surface area contributed by atoms with Crippen LogP contribution in [0.3, 0.4) is 0 Å². The summed E-state index contributed by atoms with van der Waals surface area (Å²) in [5, 5.41) is 6.59. The fourth-order valence-corrected chi connectivity index (χ4v) is 2.24. The van der Waals surface area contributed by atoms with Crippen LogP contribution >= 0.6 is 24.0 Å². The van der Waals surface area contributed by atoms with Gasteiger partial charge in [0.15, 0.2) is 11.7 Å². The molecule has 10 heteroatoms. The molecule has 0 atom stereocenters. The van der Waals surface area contributed by atoms with Crippen molar-refractivity contribution in [2.24, 2.45) is 10.7 Å². The van der Waals surface area contributed by atoms with Crippen molar-refractivity contribution in [3.8, 4) is 5.75 Å². The number of guanidine groups is 1. The summed E-state index contributed by atoms with van der Waals surface area (Å²) in [6, 6.07) is 5.59. The summed E-state index contributed by atoms with van der Waals surface area (Å²) in [5.74, 6) is 0.291. The number of anilines is 1. The Balaban J connectivity index is 0.00000338. The highest BCUT2D eigenvalue weighted by Gasteiger charge is 2.32. The number of nitrogens with two attached hydrogens (primary N) is 1. The van der Waals surface area contributed by atoms with Gasteiger partial charge < -0.3 is 20.3 Å². The standard InChI is InChI=1S/C16H19F3N4O2.HI/c1-3-11-10(13(4-2)25-23-11)9-21-15(20)22-12-7-5-6-8-14(12)24-16(17,18)19;/h5-8H,3-4,9H2,1-2H3,(H3,20,21,22);1H. The molecule has 1 heterocycles. The van der Waals surface area contributed by atoms with E-state index in [1.54, 1.807) is 6.07 Å². The van der Waals surface area contributed by atoms with E-state index in [0.29, 0.717) is 18.6 Å². The monoisotopic (exact) mass is 484 g/mol. The van der Waals surface area contributed by atoms with Crippen molar-refractivity contribution in [3.63, 3.8) is 0 Å². The van der Waals surface area contributed by atoms with Crippen LogP contribution in [0.25, 0.3) is 0 Å². The Bertz CT molecular complexity index is 726. The third-order valence-corrected chi connectivity index (χ3v) is 3.39. The number of para-hydroxylation sites is 2. The number of hydrogen-bond acceptors (Lipinski definition) is 4. The normalized spacial score (nSPS) is 11.8. The lowest BCUT2D eigenvalue weighted by atomic mass is 10.1. The minimum atomic E-state index is -4.79. The smallest absolute Gasteiger partial charge is 0.404 e. The highest BCUT2D eigenvalue weighted by Crippen LogP contribution is 2.29. The zero-order valence-corrected chi connectivity index (χ0v) is 16.6. The molecule has 26 heavy (non-hydrogen) atoms. The van der Waals surface area contributed by atoms with Crippen LogP contribution in [0.15, 0.2) is 33.8 Å². The third kappa shape index (κ3) is 6.07. The number of aromatic nitrogens is 1. The van der Waals surface area contributed by atoms with Gasteiger partial charge in [-0.3, -0.25) is 0 Å². The molecule has 0 spiro atoms. The minimum absolute atomic E-state index is 0. The molecule has 144 valence electrons. The van der Waals surface area contributed by atoms with Gasteiger partial charge in [0, 0.05) is 12.0 Å². The Morgan fingerprint density at radius 1 is 1.27 bits per heavy atom. The summed E-state index contributed by atoms with van der Waals surface area (Å²) in [4.78, 5) is 4.16. The molecule has 0 fully saturated rings. The van der Waals surface area contributed by atoms with Crippen molar-refractivity contribution >= 4 is 35.6 Å². The number of halogens is 4. The van der Waals surface area contributed by atoms with Gasteiger partial charge in [0.05, 0.1) is 17.9 Å². The second-order valence-electron chi connectivity index (χ2n) is 5.11. The van der Waals surface area contributed by atoms with Crippen molar-refractivity contribution in [1.29, 1.82) is 0 Å². The van der Waals surface area contributed by atoms with E-state index in [4.69, 9.17) is 10.3 Å². The summed E-state index contributed by atoms with van der Waals surface area (Å²) in [5.41, 5.74) is 7.49. The zero-order valence-electron chi connectivity index (χ0n) is 14.3. The molecule has 3 N–H and O–H groups in total. The Kier molecular flexibility index (Phi) is 8.18. The van der Waals surface area contributed by atoms with Crippen LogP contribution in [-0.4, -0.2) is 17.5 Å². The summed E-state index contributed by atoms with van der Waals surface area (Å²) in [7, 11) is 0. The van der Waals surface area contributed by atoms with Gasteiger partial charge in [-0.15, -0.1) is 37.1 Å². The molecule has 0 saturated heterocycles. The van der Waals surface area contributed by atoms with E-state index >= 15 is 0 Å². The maximum Gasteiger partial charge on any atom is 0.573 e. The first-order chi connectivity index (χ1) is 11.8. The first-order valence-corrected chi connectivity index (χ1v) is 7.72. The molecule has 0 amide bonds. The number of ether oxygens (including phenoxy) is 1. The summed E-state index contributed by atoms with van der Waals surface area (Å²) in [6.45, 7) is 4.09. The summed E-state index contributed by atoms with van der Waals surface area (Å²) in [6.07, 6.45) is -3.45. The quantitative estimate of drug-likeness (QED) is 0.364. The Hall–Kier alpha value is -1.98. The number of nitrogens with one attached hydrogen (secondary N) is 1. The number of nitrogens with zero attached hydrogens (tertiary/aromatic N) is 2. The first-order valence-electron chi connectivity index (χ1n) is 7.72. The van der Waals surface area contributed by atoms with Gasteiger partial charge in [0.1, 0.15) is 5.76 Å². The molecule has 1 aromatic heterocycles.